The molecule has 1 N–H and O–H groups in total. The van der Waals surface area contributed by atoms with Gasteiger partial charge in [0.1, 0.15) is 5.60 Å². The van der Waals surface area contributed by atoms with Gasteiger partial charge in [-0.15, -0.1) is 0 Å². The number of ether oxygens (including phenoxy) is 1. The minimum atomic E-state index is -0.475. The van der Waals surface area contributed by atoms with Gasteiger partial charge in [0.25, 0.3) is 0 Å². The molecule has 6 heteroatoms. The van der Waals surface area contributed by atoms with Crippen LogP contribution in [0.1, 0.15) is 44.2 Å². The summed E-state index contributed by atoms with van der Waals surface area (Å²) >= 11 is 10.1. The zero-order chi connectivity index (χ0) is 16.9. The Morgan fingerprint density at radius 2 is 2.17 bits per heavy atom. The monoisotopic (exact) mass is 400 g/mol. The average molecular weight is 402 g/mol. The molecule has 2 aliphatic rings. The summed E-state index contributed by atoms with van der Waals surface area (Å²) < 4.78 is 6.43. The number of amides is 1. The maximum absolute atomic E-state index is 12.4. The van der Waals surface area contributed by atoms with E-state index in [9.17, 15) is 4.79 Å². The van der Waals surface area contributed by atoms with Gasteiger partial charge in [0.05, 0.1) is 5.02 Å². The third kappa shape index (κ3) is 3.18. The first-order chi connectivity index (χ1) is 10.7. The van der Waals surface area contributed by atoms with Crippen LogP contribution in [0.5, 0.6) is 0 Å². The summed E-state index contributed by atoms with van der Waals surface area (Å²) in [6.45, 7) is 9.09. The number of benzene rings is 1. The third-order valence-corrected chi connectivity index (χ3v) is 5.68. The highest BCUT2D eigenvalue weighted by molar-refractivity contribution is 9.10. The van der Waals surface area contributed by atoms with Crippen molar-refractivity contribution in [2.24, 2.45) is 0 Å². The van der Waals surface area contributed by atoms with E-state index in [1.807, 2.05) is 26.8 Å². The number of hydrogen-bond donors (Lipinski definition) is 1. The van der Waals surface area contributed by atoms with Gasteiger partial charge in [-0.25, -0.2) is 4.79 Å². The average Bonchev–Trinajstić information content (AvgIpc) is 2.82. The second-order valence-electron chi connectivity index (χ2n) is 7.35. The Labute approximate surface area is 150 Å². The quantitative estimate of drug-likeness (QED) is 0.670. The topological polar surface area (TPSA) is 41.6 Å². The first kappa shape index (κ1) is 16.9. The number of nitrogens with zero attached hydrogens (tertiary/aromatic N) is 1. The van der Waals surface area contributed by atoms with Crippen LogP contribution in [-0.4, -0.2) is 35.7 Å². The van der Waals surface area contributed by atoms with Gasteiger partial charge in [-0.3, -0.25) is 0 Å². The summed E-state index contributed by atoms with van der Waals surface area (Å²) in [6.07, 6.45) is 0.652. The van der Waals surface area contributed by atoms with Crippen LogP contribution in [0, 0.1) is 6.92 Å². The summed E-state index contributed by atoms with van der Waals surface area (Å²) in [5, 5.41) is 4.34. The van der Waals surface area contributed by atoms with Crippen LogP contribution in [0.25, 0.3) is 0 Å². The first-order valence-corrected chi connectivity index (χ1v) is 9.07. The predicted molar refractivity (Wildman–Crippen MR) is 96.5 cm³/mol. The molecule has 0 aromatic heterocycles. The van der Waals surface area contributed by atoms with E-state index < -0.39 is 5.60 Å². The van der Waals surface area contributed by atoms with Gasteiger partial charge >= 0.3 is 6.09 Å². The number of likely N-dealkylation sites (tertiary alicyclic amines) is 1. The Balaban J connectivity index is 1.86. The van der Waals surface area contributed by atoms with Gasteiger partial charge in [0.2, 0.25) is 0 Å². The smallest absolute Gasteiger partial charge is 0.410 e. The lowest BCUT2D eigenvalue weighted by Crippen LogP contribution is -2.46. The molecule has 2 atom stereocenters. The number of carbonyl (C=O) groups excluding carboxylic acids is 1. The van der Waals surface area contributed by atoms with Crippen molar-refractivity contribution in [3.05, 3.63) is 26.7 Å². The normalized spacial score (nSPS) is 23.1. The molecule has 126 valence electrons. The number of carbonyl (C=O) groups is 1. The minimum absolute atomic E-state index is 0.204. The summed E-state index contributed by atoms with van der Waals surface area (Å²) in [7, 11) is 0. The summed E-state index contributed by atoms with van der Waals surface area (Å²) in [6, 6.07) is 2.37. The number of piperidine rings is 1. The van der Waals surface area contributed by atoms with Crippen LogP contribution in [0.4, 0.5) is 10.5 Å². The van der Waals surface area contributed by atoms with Crippen molar-refractivity contribution >= 4 is 39.3 Å². The van der Waals surface area contributed by atoms with Crippen molar-refractivity contribution in [2.45, 2.75) is 51.7 Å². The van der Waals surface area contributed by atoms with Gasteiger partial charge in [-0.1, -0.05) is 11.6 Å². The predicted octanol–water partition coefficient (Wildman–Crippen LogP) is 4.93. The molecule has 0 spiro atoms. The largest absolute Gasteiger partial charge is 0.444 e. The van der Waals surface area contributed by atoms with E-state index in [1.165, 1.54) is 5.56 Å². The molecule has 0 unspecified atom stereocenters. The van der Waals surface area contributed by atoms with Crippen LogP contribution in [0.15, 0.2) is 10.5 Å². The lowest BCUT2D eigenvalue weighted by atomic mass is 9.89. The van der Waals surface area contributed by atoms with Crippen LogP contribution in [0.3, 0.4) is 0 Å². The second kappa shape index (κ2) is 5.85. The van der Waals surface area contributed by atoms with E-state index >= 15 is 0 Å². The zero-order valence-corrected chi connectivity index (χ0v) is 16.2. The minimum Gasteiger partial charge on any atom is -0.444 e. The zero-order valence-electron chi connectivity index (χ0n) is 13.9. The summed E-state index contributed by atoms with van der Waals surface area (Å²) in [5.74, 6) is 0.204. The Morgan fingerprint density at radius 3 is 2.83 bits per heavy atom. The maximum atomic E-state index is 12.4. The molecule has 1 fully saturated rings. The maximum Gasteiger partial charge on any atom is 0.410 e. The molecule has 2 heterocycles. The van der Waals surface area contributed by atoms with Crippen LogP contribution in [-0.2, 0) is 4.74 Å². The SMILES string of the molecule is Cc1cc(Br)c(Cl)c2c1N[C@H]1CCN(C(=O)OC(C)(C)C)C[C@@H]21. The van der Waals surface area contributed by atoms with Crippen molar-refractivity contribution in [1.29, 1.82) is 0 Å². The number of rotatable bonds is 0. The molecule has 23 heavy (non-hydrogen) atoms. The molecule has 1 aromatic rings. The Morgan fingerprint density at radius 1 is 1.48 bits per heavy atom. The van der Waals surface area contributed by atoms with E-state index in [4.69, 9.17) is 16.3 Å². The molecular formula is C17H22BrClN2O2. The number of halogens is 2. The molecule has 1 aromatic carbocycles. The lowest BCUT2D eigenvalue weighted by Gasteiger charge is -2.36. The van der Waals surface area contributed by atoms with E-state index in [2.05, 4.69) is 28.2 Å². The molecule has 0 radical (unpaired) electrons. The summed E-state index contributed by atoms with van der Waals surface area (Å²) in [4.78, 5) is 14.2. The molecule has 0 bridgehead atoms. The van der Waals surface area contributed by atoms with Gasteiger partial charge in [0, 0.05) is 40.8 Å². The number of hydrogen-bond acceptors (Lipinski definition) is 3. The van der Waals surface area contributed by atoms with Gasteiger partial charge in [-0.2, -0.15) is 0 Å². The number of anilines is 1. The van der Waals surface area contributed by atoms with Gasteiger partial charge < -0.3 is 15.0 Å². The van der Waals surface area contributed by atoms with Gasteiger partial charge in [-0.05, 0) is 61.7 Å². The van der Waals surface area contributed by atoms with Crippen LogP contribution >= 0.6 is 27.5 Å². The number of nitrogens with one attached hydrogen (secondary N) is 1. The summed E-state index contributed by atoms with van der Waals surface area (Å²) in [5.41, 5.74) is 2.95. The van der Waals surface area contributed by atoms with Crippen molar-refractivity contribution < 1.29 is 9.53 Å². The molecule has 0 aliphatic carbocycles. The van der Waals surface area contributed by atoms with E-state index in [0.29, 0.717) is 19.1 Å². The molecule has 1 saturated heterocycles. The Kier molecular flexibility index (Phi) is 4.30. The highest BCUT2D eigenvalue weighted by Crippen LogP contribution is 2.47. The second-order valence-corrected chi connectivity index (χ2v) is 8.58. The lowest BCUT2D eigenvalue weighted by molar-refractivity contribution is 0.0195. The third-order valence-electron chi connectivity index (χ3n) is 4.42. The fourth-order valence-corrected chi connectivity index (χ4v) is 4.26. The molecular weight excluding hydrogens is 380 g/mol. The molecule has 3 rings (SSSR count). The van der Waals surface area contributed by atoms with Crippen molar-refractivity contribution in [1.82, 2.24) is 4.90 Å². The first-order valence-electron chi connectivity index (χ1n) is 7.90. The fourth-order valence-electron chi connectivity index (χ4n) is 3.41. The fraction of sp³-hybridized carbons (Fsp3) is 0.588. The van der Waals surface area contributed by atoms with Crippen LogP contribution in [0.2, 0.25) is 5.02 Å². The number of aryl methyl sites for hydroxylation is 1. The molecule has 0 saturated carbocycles. The van der Waals surface area contributed by atoms with Crippen molar-refractivity contribution in [3.8, 4) is 0 Å². The van der Waals surface area contributed by atoms with Crippen molar-refractivity contribution in [2.75, 3.05) is 18.4 Å². The molecule has 1 amide bonds. The van der Waals surface area contributed by atoms with E-state index in [-0.39, 0.29) is 12.0 Å². The Hall–Kier alpha value is -0.940. The van der Waals surface area contributed by atoms with E-state index in [1.54, 1.807) is 4.90 Å². The van der Waals surface area contributed by atoms with E-state index in [0.717, 1.165) is 27.2 Å². The standard InChI is InChI=1S/C17H22BrClN2O2/c1-9-7-11(18)14(19)13-10-8-21(16(22)23-17(2,3)4)6-5-12(10)20-15(9)13/h7,10,12,20H,5-6,8H2,1-4H3/t10-,12+/m1/s1. The molecule has 2 aliphatic heterocycles. The van der Waals surface area contributed by atoms with Crippen molar-refractivity contribution in [3.63, 3.8) is 0 Å². The van der Waals surface area contributed by atoms with Gasteiger partial charge in [0.15, 0.2) is 0 Å². The highest BCUT2D eigenvalue weighted by Gasteiger charge is 2.41. The van der Waals surface area contributed by atoms with Crippen LogP contribution < -0.4 is 5.32 Å². The Bertz CT molecular complexity index is 657. The number of fused-ring (bicyclic) bond motifs is 3. The highest BCUT2D eigenvalue weighted by atomic mass is 79.9. The molecule has 4 nitrogen and oxygen atoms in total.